The molecular weight excluding hydrogens is 238 g/mol. The van der Waals surface area contributed by atoms with Gasteiger partial charge in [0.05, 0.1) is 0 Å². The van der Waals surface area contributed by atoms with Crippen molar-refractivity contribution in [1.82, 2.24) is 10.2 Å². The lowest BCUT2D eigenvalue weighted by molar-refractivity contribution is 0.592. The van der Waals surface area contributed by atoms with Crippen LogP contribution in [-0.4, -0.2) is 33.3 Å². The van der Waals surface area contributed by atoms with Crippen LogP contribution in [0.1, 0.15) is 0 Å². The van der Waals surface area contributed by atoms with Gasteiger partial charge in [0.2, 0.25) is 18.5 Å². The first kappa shape index (κ1) is 10.5. The molecule has 0 aliphatic rings. The minimum absolute atomic E-state index is 0.364. The Bertz CT molecular complexity index is 465. The zero-order chi connectivity index (χ0) is 10.3. The van der Waals surface area contributed by atoms with E-state index in [0.29, 0.717) is 11.3 Å². The van der Waals surface area contributed by atoms with Crippen molar-refractivity contribution >= 4 is 31.2 Å². The molecule has 1 rings (SSSR count). The van der Waals surface area contributed by atoms with E-state index in [9.17, 15) is 16.8 Å². The van der Waals surface area contributed by atoms with E-state index in [1.807, 2.05) is 0 Å². The highest BCUT2D eigenvalue weighted by Crippen LogP contribution is 2.17. The average Bonchev–Trinajstić information content (AvgIpc) is 2.28. The first-order chi connectivity index (χ1) is 5.71. The van der Waals surface area contributed by atoms with Crippen LogP contribution in [0.4, 0.5) is 0 Å². The van der Waals surface area contributed by atoms with Gasteiger partial charge in [-0.15, -0.1) is 10.2 Å². The fourth-order valence-electron chi connectivity index (χ4n) is 0.462. The Labute approximate surface area is 78.6 Å². The molecule has 0 amide bonds. The van der Waals surface area contributed by atoms with Crippen LogP contribution in [-0.2, 0) is 19.9 Å². The van der Waals surface area contributed by atoms with Crippen LogP contribution in [0.15, 0.2) is 8.68 Å². The standard InChI is InChI=1S/C3H5N3O4S3/c1-12(7,8)2-5-6-3(11-2)13(4,9)10/h1H3,(H2,4,9,10). The summed E-state index contributed by atoms with van der Waals surface area (Å²) in [4.78, 5) is 0. The maximum absolute atomic E-state index is 10.8. The minimum Gasteiger partial charge on any atom is -0.223 e. The van der Waals surface area contributed by atoms with Gasteiger partial charge in [0.25, 0.3) is 10.0 Å². The molecule has 0 radical (unpaired) electrons. The first-order valence-corrected chi connectivity index (χ1v) is 7.03. The van der Waals surface area contributed by atoms with E-state index in [-0.39, 0.29) is 4.34 Å². The largest absolute Gasteiger partial charge is 0.267 e. The van der Waals surface area contributed by atoms with Crippen molar-refractivity contribution in [3.8, 4) is 0 Å². The van der Waals surface area contributed by atoms with Crippen molar-refractivity contribution < 1.29 is 16.8 Å². The maximum atomic E-state index is 10.8. The van der Waals surface area contributed by atoms with Gasteiger partial charge in [0.15, 0.2) is 0 Å². The third kappa shape index (κ3) is 2.43. The maximum Gasteiger partial charge on any atom is 0.267 e. The lowest BCUT2D eigenvalue weighted by Crippen LogP contribution is -2.11. The number of nitrogens with zero attached hydrogens (tertiary/aromatic N) is 2. The van der Waals surface area contributed by atoms with Crippen molar-refractivity contribution in [1.29, 1.82) is 0 Å². The third-order valence-electron chi connectivity index (χ3n) is 0.949. The monoisotopic (exact) mass is 243 g/mol. The Morgan fingerprint density at radius 1 is 1.15 bits per heavy atom. The predicted octanol–water partition coefficient (Wildman–Crippen LogP) is -1.41. The first-order valence-electron chi connectivity index (χ1n) is 2.77. The third-order valence-corrected chi connectivity index (χ3v) is 4.85. The van der Waals surface area contributed by atoms with Crippen molar-refractivity contribution in [3.63, 3.8) is 0 Å². The molecule has 1 aromatic rings. The van der Waals surface area contributed by atoms with Crippen LogP contribution >= 0.6 is 11.3 Å². The molecule has 0 saturated heterocycles. The SMILES string of the molecule is CS(=O)(=O)c1nnc(S(N)(=O)=O)s1. The van der Waals surface area contributed by atoms with Crippen LogP contribution in [0.2, 0.25) is 0 Å². The van der Waals surface area contributed by atoms with Gasteiger partial charge in [-0.3, -0.25) is 0 Å². The van der Waals surface area contributed by atoms with Gasteiger partial charge in [-0.2, -0.15) is 0 Å². The number of sulfone groups is 1. The summed E-state index contributed by atoms with van der Waals surface area (Å²) in [5.41, 5.74) is 0. The number of aromatic nitrogens is 2. The lowest BCUT2D eigenvalue weighted by atomic mass is 11.6. The Morgan fingerprint density at radius 3 is 1.85 bits per heavy atom. The Balaban J connectivity index is 3.32. The summed E-state index contributed by atoms with van der Waals surface area (Å²) >= 11 is 0.424. The molecule has 0 fully saturated rings. The molecule has 7 nitrogen and oxygen atoms in total. The molecule has 10 heteroatoms. The van der Waals surface area contributed by atoms with Gasteiger partial charge in [-0.05, 0) is 0 Å². The lowest BCUT2D eigenvalue weighted by Gasteiger charge is -1.86. The molecule has 2 N–H and O–H groups in total. The molecule has 74 valence electrons. The summed E-state index contributed by atoms with van der Waals surface area (Å²) in [5, 5.41) is 11.0. The fourth-order valence-corrected chi connectivity index (χ4v) is 2.82. The fraction of sp³-hybridized carbons (Fsp3) is 0.333. The predicted molar refractivity (Wildman–Crippen MR) is 44.4 cm³/mol. The Morgan fingerprint density at radius 2 is 1.62 bits per heavy atom. The summed E-state index contributed by atoms with van der Waals surface area (Å²) in [7, 11) is -7.48. The summed E-state index contributed by atoms with van der Waals surface area (Å²) in [6.07, 6.45) is 0.903. The normalized spacial score (nSPS) is 13.1. The van der Waals surface area contributed by atoms with E-state index in [2.05, 4.69) is 10.2 Å². The van der Waals surface area contributed by atoms with E-state index in [1.165, 1.54) is 0 Å². The molecule has 0 aromatic carbocycles. The van der Waals surface area contributed by atoms with Gasteiger partial charge in [0.1, 0.15) is 0 Å². The molecule has 1 heterocycles. The van der Waals surface area contributed by atoms with Crippen molar-refractivity contribution in [2.24, 2.45) is 5.14 Å². The number of primary sulfonamides is 1. The Kier molecular flexibility index (Phi) is 2.40. The second kappa shape index (κ2) is 2.97. The minimum atomic E-state index is -3.96. The average molecular weight is 243 g/mol. The quantitative estimate of drug-likeness (QED) is 0.681. The second-order valence-electron chi connectivity index (χ2n) is 2.15. The molecule has 0 unspecified atom stereocenters. The smallest absolute Gasteiger partial charge is 0.223 e. The van der Waals surface area contributed by atoms with Crippen LogP contribution in [0.5, 0.6) is 0 Å². The van der Waals surface area contributed by atoms with E-state index in [1.54, 1.807) is 0 Å². The molecule has 0 aliphatic heterocycles. The summed E-state index contributed by atoms with van der Waals surface area (Å²) < 4.78 is 42.1. The topological polar surface area (TPSA) is 120 Å². The second-order valence-corrected chi connectivity index (χ2v) is 7.05. The molecule has 0 atom stereocenters. The van der Waals surface area contributed by atoms with Crippen LogP contribution in [0, 0.1) is 0 Å². The van der Waals surface area contributed by atoms with E-state index in [4.69, 9.17) is 5.14 Å². The van der Waals surface area contributed by atoms with Crippen LogP contribution in [0.25, 0.3) is 0 Å². The Hall–Kier alpha value is -0.580. The number of hydrogen-bond acceptors (Lipinski definition) is 7. The number of nitrogens with two attached hydrogens (primary N) is 1. The molecule has 0 saturated carbocycles. The molecular formula is C3H5N3O4S3. The molecule has 0 aliphatic carbocycles. The number of rotatable bonds is 2. The number of sulfonamides is 1. The summed E-state index contributed by atoms with van der Waals surface area (Å²) in [6, 6.07) is 0. The molecule has 1 aromatic heterocycles. The summed E-state index contributed by atoms with van der Waals surface area (Å²) in [5.74, 6) is 0. The van der Waals surface area contributed by atoms with Gasteiger partial charge < -0.3 is 0 Å². The van der Waals surface area contributed by atoms with Crippen molar-refractivity contribution in [3.05, 3.63) is 0 Å². The van der Waals surface area contributed by atoms with Gasteiger partial charge >= 0.3 is 0 Å². The van der Waals surface area contributed by atoms with Gasteiger partial charge in [0, 0.05) is 6.26 Å². The van der Waals surface area contributed by atoms with Crippen LogP contribution in [0.3, 0.4) is 0 Å². The zero-order valence-electron chi connectivity index (χ0n) is 6.33. The zero-order valence-corrected chi connectivity index (χ0v) is 8.78. The van der Waals surface area contributed by atoms with Gasteiger partial charge in [-0.25, -0.2) is 22.0 Å². The number of hydrogen-bond donors (Lipinski definition) is 1. The molecule has 0 bridgehead atoms. The van der Waals surface area contributed by atoms with Crippen LogP contribution < -0.4 is 5.14 Å². The molecule has 13 heavy (non-hydrogen) atoms. The van der Waals surface area contributed by atoms with Crippen molar-refractivity contribution in [2.45, 2.75) is 8.68 Å². The van der Waals surface area contributed by atoms with E-state index in [0.717, 1.165) is 6.26 Å². The summed E-state index contributed by atoms with van der Waals surface area (Å²) in [6.45, 7) is 0. The van der Waals surface area contributed by atoms with E-state index >= 15 is 0 Å². The van der Waals surface area contributed by atoms with Gasteiger partial charge in [-0.1, -0.05) is 11.3 Å². The highest BCUT2D eigenvalue weighted by molar-refractivity contribution is 7.94. The van der Waals surface area contributed by atoms with E-state index < -0.39 is 24.2 Å². The highest BCUT2D eigenvalue weighted by atomic mass is 32.3. The van der Waals surface area contributed by atoms with Crippen molar-refractivity contribution in [2.75, 3.05) is 6.26 Å². The molecule has 0 spiro atoms. The highest BCUT2D eigenvalue weighted by Gasteiger charge is 2.20.